The summed E-state index contributed by atoms with van der Waals surface area (Å²) < 4.78 is 1.41. The first-order chi connectivity index (χ1) is 7.91. The molecule has 6 heteroatoms. The van der Waals surface area contributed by atoms with Crippen LogP contribution in [0.5, 0.6) is 0 Å². The van der Waals surface area contributed by atoms with Crippen molar-refractivity contribution < 1.29 is 14.7 Å². The predicted molar refractivity (Wildman–Crippen MR) is 61.6 cm³/mol. The number of nitrogens with one attached hydrogen (secondary N) is 1. The molecule has 1 rings (SSSR count). The summed E-state index contributed by atoms with van der Waals surface area (Å²) in [4.78, 5) is 22.8. The van der Waals surface area contributed by atoms with Crippen molar-refractivity contribution in [2.45, 2.75) is 26.3 Å². The summed E-state index contributed by atoms with van der Waals surface area (Å²) >= 11 is 0. The molecular weight excluding hydrogens is 222 g/mol. The van der Waals surface area contributed by atoms with Gasteiger partial charge in [0.05, 0.1) is 0 Å². The van der Waals surface area contributed by atoms with Crippen LogP contribution in [-0.4, -0.2) is 32.8 Å². The highest BCUT2D eigenvalue weighted by atomic mass is 16.4. The molecule has 94 valence electrons. The summed E-state index contributed by atoms with van der Waals surface area (Å²) in [5.41, 5.74) is 0.347. The number of hydrogen-bond acceptors (Lipinski definition) is 3. The molecule has 0 saturated carbocycles. The molecule has 0 aliphatic rings. The number of rotatable bonds is 5. The van der Waals surface area contributed by atoms with Crippen LogP contribution in [0.3, 0.4) is 0 Å². The number of amides is 1. The second-order valence-electron chi connectivity index (χ2n) is 4.33. The minimum Gasteiger partial charge on any atom is -0.480 e. The molecule has 0 saturated heterocycles. The van der Waals surface area contributed by atoms with E-state index in [2.05, 4.69) is 10.4 Å². The summed E-state index contributed by atoms with van der Waals surface area (Å²) in [7, 11) is 1.63. The van der Waals surface area contributed by atoms with Gasteiger partial charge in [0.15, 0.2) is 0 Å². The first-order valence-corrected chi connectivity index (χ1v) is 5.43. The smallest absolute Gasteiger partial charge is 0.326 e. The summed E-state index contributed by atoms with van der Waals surface area (Å²) in [5, 5.41) is 15.4. The number of nitrogens with zero attached hydrogens (tertiary/aromatic N) is 2. The van der Waals surface area contributed by atoms with Crippen molar-refractivity contribution in [1.82, 2.24) is 15.1 Å². The van der Waals surface area contributed by atoms with Crippen molar-refractivity contribution in [3.8, 4) is 0 Å². The normalized spacial score (nSPS) is 12.5. The van der Waals surface area contributed by atoms with E-state index in [1.807, 2.05) is 13.8 Å². The lowest BCUT2D eigenvalue weighted by Gasteiger charge is -2.16. The van der Waals surface area contributed by atoms with Gasteiger partial charge in [0.2, 0.25) is 0 Å². The Morgan fingerprint density at radius 1 is 1.53 bits per heavy atom. The molecule has 0 unspecified atom stereocenters. The molecular formula is C11H17N3O3. The Labute approximate surface area is 99.6 Å². The molecule has 0 spiro atoms. The standard InChI is InChI=1S/C11H17N3O3/c1-7(2)6-8(11(16)17)13-10(15)9-4-5-12-14(9)3/h4-5,7-8H,6H2,1-3H3,(H,13,15)(H,16,17)/t8-/m1/s1. The van der Waals surface area contributed by atoms with Crippen LogP contribution in [0.25, 0.3) is 0 Å². The Hall–Kier alpha value is -1.85. The number of carboxylic acids is 1. The fraction of sp³-hybridized carbons (Fsp3) is 0.545. The number of aromatic nitrogens is 2. The van der Waals surface area contributed by atoms with Gasteiger partial charge < -0.3 is 10.4 Å². The van der Waals surface area contributed by atoms with Crippen LogP contribution in [0.1, 0.15) is 30.8 Å². The van der Waals surface area contributed by atoms with E-state index in [0.29, 0.717) is 12.1 Å². The molecule has 17 heavy (non-hydrogen) atoms. The molecule has 0 aromatic carbocycles. The lowest BCUT2D eigenvalue weighted by atomic mass is 10.0. The fourth-order valence-electron chi connectivity index (χ4n) is 1.52. The molecule has 0 aliphatic heterocycles. The van der Waals surface area contributed by atoms with Gasteiger partial charge in [-0.3, -0.25) is 9.48 Å². The number of aryl methyl sites for hydroxylation is 1. The number of carbonyl (C=O) groups is 2. The van der Waals surface area contributed by atoms with Gasteiger partial charge in [0, 0.05) is 13.2 Å². The Morgan fingerprint density at radius 2 is 2.18 bits per heavy atom. The minimum absolute atomic E-state index is 0.197. The van der Waals surface area contributed by atoms with Crippen LogP contribution < -0.4 is 5.32 Å². The van der Waals surface area contributed by atoms with Crippen molar-refractivity contribution >= 4 is 11.9 Å². The number of aliphatic carboxylic acids is 1. The third-order valence-electron chi connectivity index (χ3n) is 2.36. The van der Waals surface area contributed by atoms with E-state index in [9.17, 15) is 9.59 Å². The first-order valence-electron chi connectivity index (χ1n) is 5.43. The molecule has 2 N–H and O–H groups in total. The zero-order chi connectivity index (χ0) is 13.0. The molecule has 1 heterocycles. The molecule has 0 aliphatic carbocycles. The fourth-order valence-corrected chi connectivity index (χ4v) is 1.52. The van der Waals surface area contributed by atoms with Gasteiger partial charge in [-0.15, -0.1) is 0 Å². The molecule has 6 nitrogen and oxygen atoms in total. The quantitative estimate of drug-likeness (QED) is 0.790. The zero-order valence-electron chi connectivity index (χ0n) is 10.2. The minimum atomic E-state index is -1.02. The van der Waals surface area contributed by atoms with Gasteiger partial charge in [-0.05, 0) is 18.4 Å². The van der Waals surface area contributed by atoms with Gasteiger partial charge in [0.25, 0.3) is 5.91 Å². The van der Waals surface area contributed by atoms with Gasteiger partial charge in [0.1, 0.15) is 11.7 Å². The Kier molecular flexibility index (Phi) is 4.25. The molecule has 1 amide bonds. The van der Waals surface area contributed by atoms with E-state index in [-0.39, 0.29) is 5.92 Å². The van der Waals surface area contributed by atoms with Crippen LogP contribution in [0.2, 0.25) is 0 Å². The number of carboxylic acid groups (broad SMARTS) is 1. The summed E-state index contributed by atoms with van der Waals surface area (Å²) in [6.45, 7) is 3.82. The maximum absolute atomic E-state index is 11.8. The van der Waals surface area contributed by atoms with E-state index in [1.54, 1.807) is 13.1 Å². The average Bonchev–Trinajstić information content (AvgIpc) is 2.62. The molecule has 0 bridgehead atoms. The SMILES string of the molecule is CC(C)C[C@@H](NC(=O)c1ccnn1C)C(=O)O. The predicted octanol–water partition coefficient (Wildman–Crippen LogP) is 0.649. The highest BCUT2D eigenvalue weighted by Gasteiger charge is 2.22. The van der Waals surface area contributed by atoms with Crippen molar-refractivity contribution in [3.63, 3.8) is 0 Å². The van der Waals surface area contributed by atoms with E-state index in [4.69, 9.17) is 5.11 Å². The van der Waals surface area contributed by atoms with Crippen LogP contribution in [0.15, 0.2) is 12.3 Å². The van der Waals surface area contributed by atoms with E-state index >= 15 is 0 Å². The van der Waals surface area contributed by atoms with Crippen LogP contribution in [0, 0.1) is 5.92 Å². The lowest BCUT2D eigenvalue weighted by Crippen LogP contribution is -2.42. The molecule has 1 atom stereocenters. The van der Waals surface area contributed by atoms with E-state index in [0.717, 1.165) is 0 Å². The van der Waals surface area contributed by atoms with Crippen molar-refractivity contribution in [1.29, 1.82) is 0 Å². The third-order valence-corrected chi connectivity index (χ3v) is 2.36. The van der Waals surface area contributed by atoms with Gasteiger partial charge in [-0.25, -0.2) is 4.79 Å². The lowest BCUT2D eigenvalue weighted by molar-refractivity contribution is -0.139. The van der Waals surface area contributed by atoms with Gasteiger partial charge in [-0.1, -0.05) is 13.8 Å². The second kappa shape index (κ2) is 5.47. The summed E-state index contributed by atoms with van der Waals surface area (Å²) in [5.74, 6) is -1.24. The topological polar surface area (TPSA) is 84.2 Å². The highest BCUT2D eigenvalue weighted by Crippen LogP contribution is 2.06. The molecule has 0 radical (unpaired) electrons. The third kappa shape index (κ3) is 3.58. The molecule has 1 aromatic rings. The summed E-state index contributed by atoms with van der Waals surface area (Å²) in [6, 6.07) is 0.682. The Bertz CT molecular complexity index is 412. The highest BCUT2D eigenvalue weighted by molar-refractivity contribution is 5.95. The first kappa shape index (κ1) is 13.2. The van der Waals surface area contributed by atoms with Crippen LogP contribution in [-0.2, 0) is 11.8 Å². The van der Waals surface area contributed by atoms with Crippen LogP contribution in [0.4, 0.5) is 0 Å². The van der Waals surface area contributed by atoms with Crippen LogP contribution >= 0.6 is 0 Å². The molecule has 1 aromatic heterocycles. The number of hydrogen-bond donors (Lipinski definition) is 2. The second-order valence-corrected chi connectivity index (χ2v) is 4.33. The maximum atomic E-state index is 11.8. The van der Waals surface area contributed by atoms with Gasteiger partial charge in [-0.2, -0.15) is 5.10 Å². The van der Waals surface area contributed by atoms with E-state index in [1.165, 1.54) is 10.9 Å². The summed E-state index contributed by atoms with van der Waals surface area (Å²) in [6.07, 6.45) is 1.89. The van der Waals surface area contributed by atoms with Crippen molar-refractivity contribution in [3.05, 3.63) is 18.0 Å². The van der Waals surface area contributed by atoms with Gasteiger partial charge >= 0.3 is 5.97 Å². The largest absolute Gasteiger partial charge is 0.480 e. The Morgan fingerprint density at radius 3 is 2.59 bits per heavy atom. The molecule has 0 fully saturated rings. The van der Waals surface area contributed by atoms with Crippen molar-refractivity contribution in [2.24, 2.45) is 13.0 Å². The Balaban J connectivity index is 2.71. The monoisotopic (exact) mass is 239 g/mol. The van der Waals surface area contributed by atoms with Crippen molar-refractivity contribution in [2.75, 3.05) is 0 Å². The maximum Gasteiger partial charge on any atom is 0.326 e. The zero-order valence-corrected chi connectivity index (χ0v) is 10.2. The average molecular weight is 239 g/mol. The number of carbonyl (C=O) groups excluding carboxylic acids is 1. The van der Waals surface area contributed by atoms with E-state index < -0.39 is 17.9 Å².